The van der Waals surface area contributed by atoms with E-state index in [9.17, 15) is 9.59 Å². The second kappa shape index (κ2) is 11.0. The van der Waals surface area contributed by atoms with E-state index < -0.39 is 0 Å². The summed E-state index contributed by atoms with van der Waals surface area (Å²) >= 11 is 1.69. The summed E-state index contributed by atoms with van der Waals surface area (Å²) in [5.74, 6) is 2.25. The third-order valence-corrected chi connectivity index (χ3v) is 10.4. The molecule has 1 unspecified atom stereocenters. The van der Waals surface area contributed by atoms with Gasteiger partial charge in [0.2, 0.25) is 5.91 Å². The highest BCUT2D eigenvalue weighted by Crippen LogP contribution is 2.55. The van der Waals surface area contributed by atoms with Gasteiger partial charge in [0.05, 0.1) is 12.6 Å². The van der Waals surface area contributed by atoms with Gasteiger partial charge in [0.25, 0.3) is 0 Å². The minimum absolute atomic E-state index is 0.00651. The van der Waals surface area contributed by atoms with Gasteiger partial charge in [0, 0.05) is 30.1 Å². The molecule has 2 heterocycles. The van der Waals surface area contributed by atoms with Gasteiger partial charge in [0.15, 0.2) is 0 Å². The first-order chi connectivity index (χ1) is 18.4. The van der Waals surface area contributed by atoms with Gasteiger partial charge in [-0.25, -0.2) is 4.79 Å². The molecule has 1 N–H and O–H groups in total. The summed E-state index contributed by atoms with van der Waals surface area (Å²) in [5.41, 5.74) is 2.22. The van der Waals surface area contributed by atoms with Gasteiger partial charge >= 0.3 is 6.03 Å². The van der Waals surface area contributed by atoms with Crippen molar-refractivity contribution in [1.29, 1.82) is 0 Å². The van der Waals surface area contributed by atoms with Crippen LogP contribution in [-0.2, 0) is 22.6 Å². The number of aryl methyl sites for hydroxylation is 1. The van der Waals surface area contributed by atoms with E-state index in [0.29, 0.717) is 19.6 Å². The molecule has 38 heavy (non-hydrogen) atoms. The summed E-state index contributed by atoms with van der Waals surface area (Å²) in [4.78, 5) is 32.7. The molecule has 5 aliphatic rings. The molecule has 4 aliphatic carbocycles. The second-order valence-corrected chi connectivity index (χ2v) is 13.4. The second-order valence-electron chi connectivity index (χ2n) is 12.4. The van der Waals surface area contributed by atoms with Crippen LogP contribution >= 0.6 is 11.3 Å². The Labute approximate surface area is 230 Å². The Hall–Kier alpha value is -2.38. The van der Waals surface area contributed by atoms with Gasteiger partial charge in [-0.2, -0.15) is 0 Å². The fraction of sp³-hybridized carbons (Fsp3) is 0.613. The molecule has 4 bridgehead atoms. The lowest BCUT2D eigenvalue weighted by Gasteiger charge is -2.57. The molecule has 7 rings (SSSR count). The Morgan fingerprint density at radius 3 is 2.32 bits per heavy atom. The number of nitrogens with one attached hydrogen (secondary N) is 1. The number of urea groups is 1. The number of ether oxygens (including phenoxy) is 1. The number of hydrogen-bond acceptors (Lipinski definition) is 4. The lowest BCUT2D eigenvalue weighted by Crippen LogP contribution is -2.62. The minimum Gasteiger partial charge on any atom is -0.376 e. The molecular weight excluding hydrogens is 494 g/mol. The van der Waals surface area contributed by atoms with E-state index in [1.165, 1.54) is 29.7 Å². The number of carbonyl (C=O) groups is 2. The van der Waals surface area contributed by atoms with Gasteiger partial charge in [-0.3, -0.25) is 4.79 Å². The summed E-state index contributed by atoms with van der Waals surface area (Å²) in [6.45, 7) is 4.47. The van der Waals surface area contributed by atoms with Crippen LogP contribution in [0.1, 0.15) is 67.4 Å². The Morgan fingerprint density at radius 1 is 1.00 bits per heavy atom. The maximum atomic E-state index is 13.9. The molecule has 1 aromatic heterocycles. The highest BCUT2D eigenvalue weighted by atomic mass is 32.1. The number of carbonyl (C=O) groups excluding carboxylic acids is 2. The Morgan fingerprint density at radius 2 is 1.71 bits per heavy atom. The van der Waals surface area contributed by atoms with Gasteiger partial charge in [0.1, 0.15) is 6.54 Å². The van der Waals surface area contributed by atoms with Crippen LogP contribution in [0.5, 0.6) is 0 Å². The highest BCUT2D eigenvalue weighted by molar-refractivity contribution is 7.10. The number of thiophene rings is 1. The van der Waals surface area contributed by atoms with Crippen molar-refractivity contribution in [3.8, 4) is 0 Å². The minimum atomic E-state index is -0.0819. The maximum Gasteiger partial charge on any atom is 0.318 e. The van der Waals surface area contributed by atoms with Crippen LogP contribution in [0, 0.1) is 24.7 Å². The Kier molecular flexibility index (Phi) is 7.50. The number of rotatable bonds is 9. The first kappa shape index (κ1) is 25.9. The zero-order valence-electron chi connectivity index (χ0n) is 22.6. The fourth-order valence-electron chi connectivity index (χ4n) is 7.86. The van der Waals surface area contributed by atoms with E-state index in [1.807, 2.05) is 23.1 Å². The van der Waals surface area contributed by atoms with Gasteiger partial charge in [-0.15, -0.1) is 11.3 Å². The van der Waals surface area contributed by atoms with Crippen LogP contribution in [0.25, 0.3) is 0 Å². The lowest BCUT2D eigenvalue weighted by atomic mass is 9.53. The summed E-state index contributed by atoms with van der Waals surface area (Å²) < 4.78 is 5.92. The van der Waals surface area contributed by atoms with Crippen LogP contribution in [-0.4, -0.2) is 53.1 Å². The predicted octanol–water partition coefficient (Wildman–Crippen LogP) is 5.74. The van der Waals surface area contributed by atoms with Gasteiger partial charge < -0.3 is 19.9 Å². The van der Waals surface area contributed by atoms with Gasteiger partial charge in [-0.05, 0) is 98.6 Å². The first-order valence-corrected chi connectivity index (χ1v) is 15.4. The van der Waals surface area contributed by atoms with Crippen LogP contribution in [0.4, 0.5) is 4.79 Å². The molecule has 7 heteroatoms. The number of benzene rings is 1. The number of hydrogen-bond donors (Lipinski definition) is 1. The topological polar surface area (TPSA) is 61.9 Å². The zero-order chi connectivity index (χ0) is 26.1. The molecule has 3 amide bonds. The normalized spacial score (nSPS) is 29.4. The largest absolute Gasteiger partial charge is 0.376 e. The number of nitrogens with zero attached hydrogens (tertiary/aromatic N) is 2. The van der Waals surface area contributed by atoms with Crippen molar-refractivity contribution in [2.75, 3.05) is 19.7 Å². The zero-order valence-corrected chi connectivity index (χ0v) is 23.4. The van der Waals surface area contributed by atoms with Crippen molar-refractivity contribution in [1.82, 2.24) is 15.1 Å². The lowest BCUT2D eigenvalue weighted by molar-refractivity contribution is -0.133. The number of amides is 3. The maximum absolute atomic E-state index is 13.9. The average molecular weight is 536 g/mol. The fourth-order valence-corrected chi connectivity index (χ4v) is 8.78. The third-order valence-electron chi connectivity index (χ3n) is 9.34. The Balaban J connectivity index is 1.19. The Bertz CT molecular complexity index is 1090. The standard InChI is InChI=1S/C31H41N3O3S/c1-22-9-11-38-28(22)20-33(18-23-6-3-2-4-7-23)29(35)21-34(19-27-8-5-10-37-27)30(36)32-31-15-24-12-25(16-31)14-26(13-24)17-31/h2-4,6-7,9,11,24-27H,5,8,10,12-21H2,1H3,(H,32,36). The molecule has 6 nitrogen and oxygen atoms in total. The average Bonchev–Trinajstić information content (AvgIpc) is 3.54. The summed E-state index contributed by atoms with van der Waals surface area (Å²) in [7, 11) is 0. The van der Waals surface area contributed by atoms with E-state index in [2.05, 4.69) is 35.8 Å². The van der Waals surface area contributed by atoms with Crippen LogP contribution < -0.4 is 5.32 Å². The van der Waals surface area contributed by atoms with Gasteiger partial charge in [-0.1, -0.05) is 30.3 Å². The highest BCUT2D eigenvalue weighted by Gasteiger charge is 2.52. The molecule has 1 aromatic carbocycles. The smallest absolute Gasteiger partial charge is 0.318 e. The predicted molar refractivity (Wildman–Crippen MR) is 150 cm³/mol. The molecule has 2 aromatic rings. The first-order valence-electron chi connectivity index (χ1n) is 14.5. The molecule has 204 valence electrons. The molecule has 4 saturated carbocycles. The molecule has 5 fully saturated rings. The van der Waals surface area contributed by atoms with Crippen LogP contribution in [0.2, 0.25) is 0 Å². The van der Waals surface area contributed by atoms with E-state index >= 15 is 0 Å². The quantitative estimate of drug-likeness (QED) is 0.445. The molecule has 0 spiro atoms. The summed E-state index contributed by atoms with van der Waals surface area (Å²) in [6, 6.07) is 12.2. The van der Waals surface area contributed by atoms with E-state index in [0.717, 1.165) is 62.0 Å². The van der Waals surface area contributed by atoms with E-state index in [-0.39, 0.29) is 30.1 Å². The summed E-state index contributed by atoms with van der Waals surface area (Å²) in [5, 5.41) is 5.59. The van der Waals surface area contributed by atoms with E-state index in [1.54, 1.807) is 16.2 Å². The monoisotopic (exact) mass is 535 g/mol. The molecule has 1 atom stereocenters. The van der Waals surface area contributed by atoms with E-state index in [4.69, 9.17) is 4.74 Å². The van der Waals surface area contributed by atoms with Crippen LogP contribution in [0.15, 0.2) is 41.8 Å². The molecule has 0 radical (unpaired) electrons. The van der Waals surface area contributed by atoms with Crippen molar-refractivity contribution in [2.24, 2.45) is 17.8 Å². The molecule has 1 saturated heterocycles. The van der Waals surface area contributed by atoms with Crippen LogP contribution in [0.3, 0.4) is 0 Å². The van der Waals surface area contributed by atoms with Crippen molar-refractivity contribution >= 4 is 23.3 Å². The van der Waals surface area contributed by atoms with Crippen molar-refractivity contribution in [3.05, 3.63) is 57.8 Å². The van der Waals surface area contributed by atoms with Crippen molar-refractivity contribution in [2.45, 2.75) is 83.0 Å². The SMILES string of the molecule is Cc1ccsc1CN(Cc1ccccc1)C(=O)CN(CC1CCCO1)C(=O)NC12CC3CC(CC(C3)C1)C2. The van der Waals surface area contributed by atoms with Crippen molar-refractivity contribution < 1.29 is 14.3 Å². The molecular formula is C31H41N3O3S. The third kappa shape index (κ3) is 5.79. The molecule has 1 aliphatic heterocycles. The van der Waals surface area contributed by atoms with Crippen molar-refractivity contribution in [3.63, 3.8) is 0 Å². The summed E-state index contributed by atoms with van der Waals surface area (Å²) in [6.07, 6.45) is 9.28.